The summed E-state index contributed by atoms with van der Waals surface area (Å²) in [6.45, 7) is 4.96. The van der Waals surface area contributed by atoms with E-state index in [9.17, 15) is 43.2 Å². The molecule has 0 aliphatic heterocycles. The third-order valence-corrected chi connectivity index (χ3v) is 21.4. The number of ether oxygens (including phenoxy) is 4. The fourth-order valence-corrected chi connectivity index (χ4v) is 14.4. The van der Waals surface area contributed by atoms with Crippen LogP contribution in [0.1, 0.15) is 439 Å². The minimum atomic E-state index is -4.97. The molecule has 0 aromatic heterocycles. The van der Waals surface area contributed by atoms with Gasteiger partial charge < -0.3 is 33.8 Å². The first-order chi connectivity index (χ1) is 50.7. The molecular formula is C85H162O17P2. The fourth-order valence-electron chi connectivity index (χ4n) is 12.8. The molecule has 0 heterocycles. The first-order valence-electron chi connectivity index (χ1n) is 43.6. The van der Waals surface area contributed by atoms with Crippen molar-refractivity contribution in [1.82, 2.24) is 0 Å². The molecule has 0 aromatic rings. The van der Waals surface area contributed by atoms with Crippen LogP contribution in [0.3, 0.4) is 0 Å². The van der Waals surface area contributed by atoms with Crippen molar-refractivity contribution in [2.45, 2.75) is 457 Å². The molecule has 0 spiro atoms. The molecule has 0 radical (unpaired) electrons. The lowest BCUT2D eigenvalue weighted by Gasteiger charge is -2.21. The van der Waals surface area contributed by atoms with Crippen molar-refractivity contribution in [3.05, 3.63) is 24.3 Å². The van der Waals surface area contributed by atoms with Gasteiger partial charge in [0.1, 0.15) is 19.3 Å². The molecule has 0 bridgehead atoms. The van der Waals surface area contributed by atoms with Crippen molar-refractivity contribution in [3.8, 4) is 0 Å². The van der Waals surface area contributed by atoms with Crippen LogP contribution in [0, 0.1) is 0 Å². The van der Waals surface area contributed by atoms with Gasteiger partial charge in [0.05, 0.1) is 26.4 Å². The van der Waals surface area contributed by atoms with E-state index in [1.165, 1.54) is 257 Å². The number of carbonyl (C=O) groups is 4. The van der Waals surface area contributed by atoms with Gasteiger partial charge in [0, 0.05) is 25.7 Å². The summed E-state index contributed by atoms with van der Waals surface area (Å²) in [6, 6.07) is 0. The SMILES string of the molecule is CCCCCC/C=C\C=C/CCCCCCCC(=O)O[C@H](COC(=O)CCCCCCCCCCC)COP(=O)(O)OC[C@H](O)COP(=O)(O)OC[C@@H](COC(=O)CCCCCCCCCCCCCCCCCCCC)OC(=O)CCCCCCCCCCCCCCCCCCCCCCCC. The topological polar surface area (TPSA) is 237 Å². The lowest BCUT2D eigenvalue weighted by Crippen LogP contribution is -2.30. The van der Waals surface area contributed by atoms with Gasteiger partial charge in [0.25, 0.3) is 0 Å². The number of esters is 4. The van der Waals surface area contributed by atoms with Gasteiger partial charge >= 0.3 is 39.5 Å². The quantitative estimate of drug-likeness (QED) is 0.0169. The van der Waals surface area contributed by atoms with Gasteiger partial charge in [0.15, 0.2) is 12.2 Å². The Morgan fingerprint density at radius 1 is 0.269 bits per heavy atom. The van der Waals surface area contributed by atoms with Gasteiger partial charge in [-0.3, -0.25) is 37.3 Å². The van der Waals surface area contributed by atoms with Crippen molar-refractivity contribution in [2.24, 2.45) is 0 Å². The second-order valence-electron chi connectivity index (χ2n) is 29.9. The molecule has 19 heteroatoms. The van der Waals surface area contributed by atoms with Gasteiger partial charge in [-0.1, -0.05) is 386 Å². The third kappa shape index (κ3) is 77.7. The average molecular weight is 1520 g/mol. The summed E-state index contributed by atoms with van der Waals surface area (Å²) >= 11 is 0. The standard InChI is InChI=1S/C85H162O17P2/c1-5-9-13-17-21-25-28-31-34-36-38-39-40-41-43-46-49-52-56-60-64-68-72-85(90)102-81(76-96-83(88)70-66-62-58-54-50-47-45-42-37-35-32-29-26-22-18-14-10-6-2)78-100-104(93,94)98-74-79(86)73-97-103(91,92)99-77-80(75-95-82(87)69-65-61-57-53-24-20-16-12-8-4)101-84(89)71-67-63-59-55-51-48-44-33-30-27-23-19-15-11-7-3/h27,30,33,44,79-81,86H,5-26,28-29,31-32,34-43,45-78H2,1-4H3,(H,91,92)(H,93,94)/b30-27-,44-33-/t79-,80+,81+/m0/s1. The summed E-state index contributed by atoms with van der Waals surface area (Å²) in [5.74, 6) is -2.13. The summed E-state index contributed by atoms with van der Waals surface area (Å²) in [5, 5.41) is 10.7. The minimum Gasteiger partial charge on any atom is -0.462 e. The van der Waals surface area contributed by atoms with E-state index in [4.69, 9.17) is 37.0 Å². The third-order valence-electron chi connectivity index (χ3n) is 19.5. The Morgan fingerprint density at radius 3 is 0.702 bits per heavy atom. The molecule has 5 atom stereocenters. The van der Waals surface area contributed by atoms with Crippen LogP contribution in [0.25, 0.3) is 0 Å². The van der Waals surface area contributed by atoms with Crippen LogP contribution in [-0.4, -0.2) is 96.7 Å². The first-order valence-corrected chi connectivity index (χ1v) is 46.6. The van der Waals surface area contributed by atoms with Gasteiger partial charge in [-0.05, 0) is 51.4 Å². The van der Waals surface area contributed by atoms with Crippen molar-refractivity contribution < 1.29 is 80.2 Å². The van der Waals surface area contributed by atoms with Crippen molar-refractivity contribution in [2.75, 3.05) is 39.6 Å². The first kappa shape index (κ1) is 102. The molecule has 0 fully saturated rings. The van der Waals surface area contributed by atoms with Crippen LogP contribution in [0.5, 0.6) is 0 Å². The number of aliphatic hydroxyl groups is 1. The van der Waals surface area contributed by atoms with Crippen LogP contribution in [0.4, 0.5) is 0 Å². The van der Waals surface area contributed by atoms with E-state index >= 15 is 0 Å². The molecular weight excluding hydrogens is 1350 g/mol. The van der Waals surface area contributed by atoms with Crippen molar-refractivity contribution in [3.63, 3.8) is 0 Å². The smallest absolute Gasteiger partial charge is 0.462 e. The van der Waals surface area contributed by atoms with E-state index in [-0.39, 0.29) is 25.7 Å². The normalized spacial score (nSPS) is 13.9. The van der Waals surface area contributed by atoms with Gasteiger partial charge in [-0.15, -0.1) is 0 Å². The van der Waals surface area contributed by atoms with E-state index in [1.807, 2.05) is 0 Å². The maximum atomic E-state index is 13.1. The van der Waals surface area contributed by atoms with Gasteiger partial charge in [0.2, 0.25) is 0 Å². The summed E-state index contributed by atoms with van der Waals surface area (Å²) in [5.41, 5.74) is 0. The monoisotopic (exact) mass is 1520 g/mol. The number of rotatable bonds is 84. The van der Waals surface area contributed by atoms with Crippen LogP contribution < -0.4 is 0 Å². The van der Waals surface area contributed by atoms with Crippen molar-refractivity contribution >= 4 is 39.5 Å². The molecule has 3 N–H and O–H groups in total. The highest BCUT2D eigenvalue weighted by atomic mass is 31.2. The Hall–Kier alpha value is -2.46. The average Bonchev–Trinajstić information content (AvgIpc) is 0.910. The lowest BCUT2D eigenvalue weighted by atomic mass is 10.0. The number of carbonyl (C=O) groups excluding carboxylic acids is 4. The Morgan fingerprint density at radius 2 is 0.462 bits per heavy atom. The maximum Gasteiger partial charge on any atom is 0.472 e. The molecule has 0 aliphatic carbocycles. The molecule has 614 valence electrons. The van der Waals surface area contributed by atoms with E-state index in [0.29, 0.717) is 25.7 Å². The summed E-state index contributed by atoms with van der Waals surface area (Å²) in [6.07, 6.45) is 75.9. The lowest BCUT2D eigenvalue weighted by molar-refractivity contribution is -0.161. The molecule has 0 aliphatic rings. The molecule has 104 heavy (non-hydrogen) atoms. The summed E-state index contributed by atoms with van der Waals surface area (Å²) in [7, 11) is -9.93. The van der Waals surface area contributed by atoms with Crippen LogP contribution in [0.15, 0.2) is 24.3 Å². The van der Waals surface area contributed by atoms with Gasteiger partial charge in [-0.25, -0.2) is 9.13 Å². The van der Waals surface area contributed by atoms with E-state index in [1.54, 1.807) is 0 Å². The van der Waals surface area contributed by atoms with Crippen LogP contribution >= 0.6 is 15.6 Å². The summed E-state index contributed by atoms with van der Waals surface area (Å²) < 4.78 is 68.7. The molecule has 0 saturated carbocycles. The van der Waals surface area contributed by atoms with E-state index < -0.39 is 97.5 Å². The molecule has 0 aromatic carbocycles. The number of phosphoric ester groups is 2. The number of phosphoric acid groups is 2. The number of hydrogen-bond acceptors (Lipinski definition) is 15. The van der Waals surface area contributed by atoms with Crippen LogP contribution in [0.2, 0.25) is 0 Å². The number of hydrogen-bond donors (Lipinski definition) is 3. The highest BCUT2D eigenvalue weighted by Gasteiger charge is 2.30. The number of aliphatic hydroxyl groups excluding tert-OH is 1. The minimum absolute atomic E-state index is 0.0857. The largest absolute Gasteiger partial charge is 0.472 e. The zero-order chi connectivity index (χ0) is 76.0. The Kier molecular flexibility index (Phi) is 76.8. The summed E-state index contributed by atoms with van der Waals surface area (Å²) in [4.78, 5) is 73.1. The highest BCUT2D eigenvalue weighted by Crippen LogP contribution is 2.45. The molecule has 0 amide bonds. The highest BCUT2D eigenvalue weighted by molar-refractivity contribution is 7.47. The molecule has 0 saturated heterocycles. The number of allylic oxidation sites excluding steroid dienone is 4. The zero-order valence-electron chi connectivity index (χ0n) is 67.5. The zero-order valence-corrected chi connectivity index (χ0v) is 69.3. The Balaban J connectivity index is 5.22. The van der Waals surface area contributed by atoms with Crippen LogP contribution in [-0.2, 0) is 65.4 Å². The van der Waals surface area contributed by atoms with Crippen molar-refractivity contribution in [1.29, 1.82) is 0 Å². The Bertz CT molecular complexity index is 2060. The second kappa shape index (κ2) is 78.7. The second-order valence-corrected chi connectivity index (χ2v) is 32.8. The fraction of sp³-hybridized carbons (Fsp3) is 0.906. The molecule has 2 unspecified atom stereocenters. The molecule has 0 rings (SSSR count). The van der Waals surface area contributed by atoms with E-state index in [2.05, 4.69) is 52.0 Å². The van der Waals surface area contributed by atoms with E-state index in [0.717, 1.165) is 103 Å². The van der Waals surface area contributed by atoms with Gasteiger partial charge in [-0.2, -0.15) is 0 Å². The maximum absolute atomic E-state index is 13.1. The molecule has 17 nitrogen and oxygen atoms in total. The predicted molar refractivity (Wildman–Crippen MR) is 428 cm³/mol. The Labute approximate surface area is 637 Å². The number of unbranched alkanes of at least 4 members (excludes halogenated alkanes) is 55. The predicted octanol–water partition coefficient (Wildman–Crippen LogP) is 25.7.